The van der Waals surface area contributed by atoms with E-state index in [-0.39, 0.29) is 18.6 Å². The number of aryl methyl sites for hydroxylation is 1. The van der Waals surface area contributed by atoms with E-state index in [9.17, 15) is 4.79 Å². The summed E-state index contributed by atoms with van der Waals surface area (Å²) in [7, 11) is 0. The maximum absolute atomic E-state index is 12.1. The van der Waals surface area contributed by atoms with Crippen molar-refractivity contribution < 1.29 is 9.53 Å². The summed E-state index contributed by atoms with van der Waals surface area (Å²) in [5, 5.41) is 3.08. The molecule has 0 aliphatic heterocycles. The molecule has 0 fully saturated rings. The number of amides is 1. The van der Waals surface area contributed by atoms with Gasteiger partial charge < -0.3 is 15.8 Å². The summed E-state index contributed by atoms with van der Waals surface area (Å²) in [4.78, 5) is 12.1. The molecule has 2 aromatic rings. The van der Waals surface area contributed by atoms with E-state index in [2.05, 4.69) is 5.32 Å². The van der Waals surface area contributed by atoms with Gasteiger partial charge in [0.1, 0.15) is 6.61 Å². The van der Waals surface area contributed by atoms with Gasteiger partial charge in [0.2, 0.25) is 5.91 Å². The standard InChI is InChI=1S/C19H22N2O2/c20-16-9-10-17-15(11-16)7-4-8-18(17)21-19(22)13-23-12-14-5-2-1-3-6-14/h1-3,5-6,9-11,18H,4,7-8,12-13,20H2,(H,21,22). The Morgan fingerprint density at radius 2 is 2.04 bits per heavy atom. The molecule has 3 rings (SSSR count). The Morgan fingerprint density at radius 1 is 1.22 bits per heavy atom. The fourth-order valence-corrected chi connectivity index (χ4v) is 3.06. The smallest absolute Gasteiger partial charge is 0.246 e. The molecule has 3 N–H and O–H groups in total. The van der Waals surface area contributed by atoms with Crippen molar-refractivity contribution in [2.45, 2.75) is 31.9 Å². The van der Waals surface area contributed by atoms with E-state index in [1.165, 1.54) is 11.1 Å². The van der Waals surface area contributed by atoms with Crippen LogP contribution in [0.2, 0.25) is 0 Å². The van der Waals surface area contributed by atoms with Gasteiger partial charge in [-0.15, -0.1) is 0 Å². The van der Waals surface area contributed by atoms with Crippen LogP contribution in [0.4, 0.5) is 5.69 Å². The molecule has 2 aromatic carbocycles. The summed E-state index contributed by atoms with van der Waals surface area (Å²) >= 11 is 0. The van der Waals surface area contributed by atoms with Crippen molar-refractivity contribution in [2.24, 2.45) is 0 Å². The number of nitrogens with one attached hydrogen (secondary N) is 1. The van der Waals surface area contributed by atoms with Crippen LogP contribution in [0.3, 0.4) is 0 Å². The molecule has 4 heteroatoms. The molecule has 0 radical (unpaired) electrons. The lowest BCUT2D eigenvalue weighted by Gasteiger charge is -2.26. The first-order chi connectivity index (χ1) is 11.2. The Morgan fingerprint density at radius 3 is 2.87 bits per heavy atom. The van der Waals surface area contributed by atoms with Crippen molar-refractivity contribution in [3.8, 4) is 0 Å². The number of rotatable bonds is 5. The summed E-state index contributed by atoms with van der Waals surface area (Å²) in [6.45, 7) is 0.530. The Kier molecular flexibility index (Phi) is 4.93. The van der Waals surface area contributed by atoms with Crippen LogP contribution in [0.5, 0.6) is 0 Å². The molecule has 1 aliphatic rings. The minimum atomic E-state index is -0.0735. The van der Waals surface area contributed by atoms with Gasteiger partial charge in [0.15, 0.2) is 0 Å². The third kappa shape index (κ3) is 4.11. The molecule has 1 unspecified atom stereocenters. The lowest BCUT2D eigenvalue weighted by molar-refractivity contribution is -0.127. The number of hydrogen-bond acceptors (Lipinski definition) is 3. The first kappa shape index (κ1) is 15.6. The quantitative estimate of drug-likeness (QED) is 0.835. The average Bonchev–Trinajstić information content (AvgIpc) is 2.56. The summed E-state index contributed by atoms with van der Waals surface area (Å²) in [5.74, 6) is -0.0735. The first-order valence-corrected chi connectivity index (χ1v) is 8.02. The molecule has 0 heterocycles. The van der Waals surface area contributed by atoms with E-state index in [0.717, 1.165) is 30.5 Å². The number of hydrogen-bond donors (Lipinski definition) is 2. The second-order valence-corrected chi connectivity index (χ2v) is 5.95. The summed E-state index contributed by atoms with van der Waals surface area (Å²) in [6.07, 6.45) is 3.05. The average molecular weight is 310 g/mol. The number of carbonyl (C=O) groups is 1. The maximum atomic E-state index is 12.1. The number of anilines is 1. The van der Waals surface area contributed by atoms with Crippen molar-refractivity contribution in [2.75, 3.05) is 12.3 Å². The molecule has 0 bridgehead atoms. The molecule has 0 saturated heterocycles. The monoisotopic (exact) mass is 310 g/mol. The van der Waals surface area contributed by atoms with Gasteiger partial charge in [-0.05, 0) is 48.1 Å². The second-order valence-electron chi connectivity index (χ2n) is 5.95. The topological polar surface area (TPSA) is 64.3 Å². The van der Waals surface area contributed by atoms with E-state index in [0.29, 0.717) is 6.61 Å². The van der Waals surface area contributed by atoms with Gasteiger partial charge in [-0.1, -0.05) is 36.4 Å². The molecule has 0 aromatic heterocycles. The molecule has 4 nitrogen and oxygen atoms in total. The molecule has 23 heavy (non-hydrogen) atoms. The fourth-order valence-electron chi connectivity index (χ4n) is 3.06. The molecule has 0 spiro atoms. The highest BCUT2D eigenvalue weighted by Gasteiger charge is 2.21. The van der Waals surface area contributed by atoms with Crippen LogP contribution in [0, 0.1) is 0 Å². The van der Waals surface area contributed by atoms with E-state index >= 15 is 0 Å². The predicted molar refractivity (Wildman–Crippen MR) is 90.8 cm³/mol. The number of ether oxygens (including phenoxy) is 1. The van der Waals surface area contributed by atoms with Gasteiger partial charge in [0.25, 0.3) is 0 Å². The molecule has 120 valence electrons. The van der Waals surface area contributed by atoms with Crippen LogP contribution in [0.1, 0.15) is 35.6 Å². The largest absolute Gasteiger partial charge is 0.399 e. The lowest BCUT2D eigenvalue weighted by atomic mass is 9.87. The van der Waals surface area contributed by atoms with Crippen molar-refractivity contribution in [1.82, 2.24) is 5.32 Å². The lowest BCUT2D eigenvalue weighted by Crippen LogP contribution is -2.33. The van der Waals surface area contributed by atoms with E-state index in [1.807, 2.05) is 48.5 Å². The summed E-state index contributed by atoms with van der Waals surface area (Å²) < 4.78 is 5.50. The van der Waals surface area contributed by atoms with Crippen LogP contribution in [0.25, 0.3) is 0 Å². The fraction of sp³-hybridized carbons (Fsp3) is 0.316. The molecule has 1 aliphatic carbocycles. The van der Waals surface area contributed by atoms with Crippen molar-refractivity contribution >= 4 is 11.6 Å². The third-order valence-electron chi connectivity index (χ3n) is 4.16. The molecule has 1 amide bonds. The highest BCUT2D eigenvalue weighted by Crippen LogP contribution is 2.30. The minimum Gasteiger partial charge on any atom is -0.399 e. The maximum Gasteiger partial charge on any atom is 0.246 e. The van der Waals surface area contributed by atoms with Crippen LogP contribution < -0.4 is 11.1 Å². The number of nitrogen functional groups attached to an aromatic ring is 1. The molecule has 1 atom stereocenters. The summed E-state index contributed by atoms with van der Waals surface area (Å²) in [6, 6.07) is 15.9. The highest BCUT2D eigenvalue weighted by atomic mass is 16.5. The Labute approximate surface area is 136 Å². The first-order valence-electron chi connectivity index (χ1n) is 8.02. The van der Waals surface area contributed by atoms with Crippen LogP contribution in [-0.2, 0) is 22.6 Å². The zero-order chi connectivity index (χ0) is 16.1. The normalized spacial score (nSPS) is 16.6. The van der Waals surface area contributed by atoms with E-state index in [4.69, 9.17) is 10.5 Å². The third-order valence-corrected chi connectivity index (χ3v) is 4.16. The highest BCUT2D eigenvalue weighted by molar-refractivity contribution is 5.77. The van der Waals surface area contributed by atoms with Crippen LogP contribution in [-0.4, -0.2) is 12.5 Å². The molecular formula is C19H22N2O2. The molecule has 0 saturated carbocycles. The van der Waals surface area contributed by atoms with Crippen LogP contribution >= 0.6 is 0 Å². The number of carbonyl (C=O) groups excluding carboxylic acids is 1. The predicted octanol–water partition coefficient (Wildman–Crippen LogP) is 2.98. The van der Waals surface area contributed by atoms with Crippen molar-refractivity contribution in [3.63, 3.8) is 0 Å². The van der Waals surface area contributed by atoms with Gasteiger partial charge in [0, 0.05) is 5.69 Å². The van der Waals surface area contributed by atoms with E-state index in [1.54, 1.807) is 0 Å². The number of nitrogens with two attached hydrogens (primary N) is 1. The van der Waals surface area contributed by atoms with Gasteiger partial charge >= 0.3 is 0 Å². The Bertz CT molecular complexity index is 670. The number of benzene rings is 2. The Hall–Kier alpha value is -2.33. The zero-order valence-corrected chi connectivity index (χ0v) is 13.1. The molecular weight excluding hydrogens is 288 g/mol. The van der Waals surface area contributed by atoms with Crippen molar-refractivity contribution in [3.05, 3.63) is 65.2 Å². The van der Waals surface area contributed by atoms with Gasteiger partial charge in [0.05, 0.1) is 12.6 Å². The number of fused-ring (bicyclic) bond motifs is 1. The second kappa shape index (κ2) is 7.29. The Balaban J connectivity index is 1.53. The zero-order valence-electron chi connectivity index (χ0n) is 13.1. The van der Waals surface area contributed by atoms with Crippen LogP contribution in [0.15, 0.2) is 48.5 Å². The van der Waals surface area contributed by atoms with E-state index < -0.39 is 0 Å². The van der Waals surface area contributed by atoms with Crippen molar-refractivity contribution in [1.29, 1.82) is 0 Å². The van der Waals surface area contributed by atoms with Gasteiger partial charge in [-0.2, -0.15) is 0 Å². The van der Waals surface area contributed by atoms with Gasteiger partial charge in [-0.3, -0.25) is 4.79 Å². The SMILES string of the molecule is Nc1ccc2c(c1)CCCC2NC(=O)COCc1ccccc1. The summed E-state index contributed by atoms with van der Waals surface area (Å²) in [5.41, 5.74) is 10.1. The minimum absolute atomic E-state index is 0.0622. The van der Waals surface area contributed by atoms with Gasteiger partial charge in [-0.25, -0.2) is 0 Å².